The van der Waals surface area contributed by atoms with Crippen LogP contribution in [0.15, 0.2) is 76.8 Å². The Labute approximate surface area is 193 Å². The van der Waals surface area contributed by atoms with Gasteiger partial charge < -0.3 is 14.8 Å². The van der Waals surface area contributed by atoms with E-state index in [4.69, 9.17) is 19.6 Å². The van der Waals surface area contributed by atoms with Crippen LogP contribution in [-0.2, 0) is 0 Å². The standard InChI is InChI=1S/C24H20N4O2S2/c1-29-15-11-9-14(10-12-15)22-19-20(16-6-3-4-7-17(16)30-22)25-23-26-24(31-2)27-28(23)21(19)18-8-5-13-32-18/h3-13,21-22H,1-2H3,(H,25,26,27)/t21-,22+/m0/s1. The highest BCUT2D eigenvalue weighted by Gasteiger charge is 2.41. The van der Waals surface area contributed by atoms with Crippen LogP contribution in [0.2, 0.25) is 0 Å². The molecule has 160 valence electrons. The maximum absolute atomic E-state index is 6.64. The Morgan fingerprint density at radius 2 is 1.94 bits per heavy atom. The van der Waals surface area contributed by atoms with Gasteiger partial charge in [-0.25, -0.2) is 4.68 Å². The molecule has 0 saturated carbocycles. The number of rotatable bonds is 4. The van der Waals surface area contributed by atoms with Gasteiger partial charge in [-0.05, 0) is 47.5 Å². The summed E-state index contributed by atoms with van der Waals surface area (Å²) in [5, 5.41) is 11.2. The first-order chi connectivity index (χ1) is 15.8. The molecule has 0 fully saturated rings. The molecule has 6 rings (SSSR count). The first-order valence-corrected chi connectivity index (χ1v) is 12.3. The summed E-state index contributed by atoms with van der Waals surface area (Å²) in [5.41, 5.74) is 4.26. The lowest BCUT2D eigenvalue weighted by molar-refractivity contribution is 0.223. The van der Waals surface area contributed by atoms with Crippen LogP contribution in [0.3, 0.4) is 0 Å². The molecule has 0 bridgehead atoms. The Bertz CT molecular complexity index is 1310. The summed E-state index contributed by atoms with van der Waals surface area (Å²) >= 11 is 3.26. The summed E-state index contributed by atoms with van der Waals surface area (Å²) < 4.78 is 14.0. The summed E-state index contributed by atoms with van der Waals surface area (Å²) in [6, 6.07) is 20.4. The molecule has 2 aliphatic rings. The van der Waals surface area contributed by atoms with Gasteiger partial charge in [0, 0.05) is 16.0 Å². The number of hydrogen-bond donors (Lipinski definition) is 1. The van der Waals surface area contributed by atoms with Crippen LogP contribution in [0.4, 0.5) is 5.95 Å². The number of thioether (sulfide) groups is 1. The Hall–Kier alpha value is -3.23. The number of aromatic nitrogens is 3. The molecule has 0 aliphatic carbocycles. The van der Waals surface area contributed by atoms with E-state index in [9.17, 15) is 0 Å². The average Bonchev–Trinajstić information content (AvgIpc) is 3.52. The zero-order chi connectivity index (χ0) is 21.7. The van der Waals surface area contributed by atoms with E-state index in [1.165, 1.54) is 16.6 Å². The van der Waals surface area contributed by atoms with Gasteiger partial charge in [-0.15, -0.1) is 16.4 Å². The van der Waals surface area contributed by atoms with E-state index < -0.39 is 0 Å². The fourth-order valence-electron chi connectivity index (χ4n) is 4.32. The lowest BCUT2D eigenvalue weighted by Gasteiger charge is -2.38. The second-order valence-corrected chi connectivity index (χ2v) is 9.26. The Kier molecular flexibility index (Phi) is 4.69. The molecular weight excluding hydrogens is 440 g/mol. The minimum absolute atomic E-state index is 0.116. The second kappa shape index (κ2) is 7.72. The van der Waals surface area contributed by atoms with Gasteiger partial charge in [-0.1, -0.05) is 42.1 Å². The highest BCUT2D eigenvalue weighted by molar-refractivity contribution is 7.98. The first kappa shape index (κ1) is 19.5. The lowest BCUT2D eigenvalue weighted by atomic mass is 9.87. The SMILES string of the molecule is COc1ccc([C@H]2Oc3ccccc3C3=C2[C@H](c2cccs2)n2nc(SC)nc2N3)cc1. The molecule has 0 amide bonds. The van der Waals surface area contributed by atoms with Crippen molar-refractivity contribution in [2.45, 2.75) is 17.3 Å². The Morgan fingerprint density at radius 3 is 2.69 bits per heavy atom. The molecule has 4 heterocycles. The summed E-state index contributed by atoms with van der Waals surface area (Å²) in [4.78, 5) is 5.92. The summed E-state index contributed by atoms with van der Waals surface area (Å²) in [5.74, 6) is 2.41. The molecule has 4 aromatic rings. The number of anilines is 1. The molecule has 2 atom stereocenters. The maximum Gasteiger partial charge on any atom is 0.227 e. The Morgan fingerprint density at radius 1 is 1.09 bits per heavy atom. The summed E-state index contributed by atoms with van der Waals surface area (Å²) in [7, 11) is 1.68. The smallest absolute Gasteiger partial charge is 0.227 e. The summed E-state index contributed by atoms with van der Waals surface area (Å²) in [6.07, 6.45) is 1.72. The number of methoxy groups -OCH3 is 1. The largest absolute Gasteiger partial charge is 0.497 e. The van der Waals surface area contributed by atoms with Crippen LogP contribution in [0.5, 0.6) is 11.5 Å². The van der Waals surface area contributed by atoms with Gasteiger partial charge in [0.1, 0.15) is 23.6 Å². The number of para-hydroxylation sites is 1. The summed E-state index contributed by atoms with van der Waals surface area (Å²) in [6.45, 7) is 0. The molecule has 2 aliphatic heterocycles. The van der Waals surface area contributed by atoms with E-state index in [1.54, 1.807) is 18.4 Å². The third-order valence-electron chi connectivity index (χ3n) is 5.77. The van der Waals surface area contributed by atoms with Crippen molar-refractivity contribution in [3.05, 3.63) is 87.6 Å². The predicted octanol–water partition coefficient (Wildman–Crippen LogP) is 5.63. The van der Waals surface area contributed by atoms with E-state index in [1.807, 2.05) is 41.3 Å². The molecule has 1 N–H and O–H groups in total. The molecule has 0 saturated heterocycles. The van der Waals surface area contributed by atoms with Gasteiger partial charge in [0.15, 0.2) is 0 Å². The van der Waals surface area contributed by atoms with E-state index in [2.05, 4.69) is 41.0 Å². The molecule has 0 spiro atoms. The zero-order valence-corrected chi connectivity index (χ0v) is 19.1. The number of nitrogens with zero attached hydrogens (tertiary/aromatic N) is 3. The normalized spacial score (nSPS) is 18.8. The van der Waals surface area contributed by atoms with E-state index in [0.29, 0.717) is 0 Å². The number of fused-ring (bicyclic) bond motifs is 3. The minimum Gasteiger partial charge on any atom is -0.497 e. The molecule has 0 unspecified atom stereocenters. The van der Waals surface area contributed by atoms with Gasteiger partial charge in [0.2, 0.25) is 11.1 Å². The fourth-order valence-corrected chi connectivity index (χ4v) is 5.49. The molecule has 0 radical (unpaired) electrons. The molecule has 6 nitrogen and oxygen atoms in total. The number of nitrogens with one attached hydrogen (secondary N) is 1. The van der Waals surface area contributed by atoms with Gasteiger partial charge in [-0.3, -0.25) is 0 Å². The molecule has 2 aromatic heterocycles. The highest BCUT2D eigenvalue weighted by atomic mass is 32.2. The van der Waals surface area contributed by atoms with Crippen molar-refractivity contribution in [2.75, 3.05) is 18.7 Å². The van der Waals surface area contributed by atoms with Gasteiger partial charge in [0.05, 0.1) is 12.8 Å². The molecule has 8 heteroatoms. The fraction of sp³-hybridized carbons (Fsp3) is 0.167. The minimum atomic E-state index is -0.277. The number of hydrogen-bond acceptors (Lipinski definition) is 7. The van der Waals surface area contributed by atoms with Gasteiger partial charge >= 0.3 is 0 Å². The Balaban J connectivity index is 1.60. The van der Waals surface area contributed by atoms with Crippen molar-refractivity contribution in [3.8, 4) is 11.5 Å². The van der Waals surface area contributed by atoms with Crippen LogP contribution in [0.1, 0.15) is 28.1 Å². The van der Waals surface area contributed by atoms with Gasteiger partial charge in [0.25, 0.3) is 0 Å². The zero-order valence-electron chi connectivity index (χ0n) is 17.5. The van der Waals surface area contributed by atoms with Crippen LogP contribution in [-0.4, -0.2) is 28.1 Å². The highest BCUT2D eigenvalue weighted by Crippen LogP contribution is 2.51. The predicted molar refractivity (Wildman–Crippen MR) is 128 cm³/mol. The number of benzene rings is 2. The van der Waals surface area contributed by atoms with Crippen molar-refractivity contribution in [3.63, 3.8) is 0 Å². The van der Waals surface area contributed by atoms with Crippen LogP contribution < -0.4 is 14.8 Å². The van der Waals surface area contributed by atoms with E-state index >= 15 is 0 Å². The lowest BCUT2D eigenvalue weighted by Crippen LogP contribution is -2.32. The van der Waals surface area contributed by atoms with Crippen molar-refractivity contribution in [1.82, 2.24) is 14.8 Å². The second-order valence-electron chi connectivity index (χ2n) is 7.51. The number of thiophene rings is 1. The third-order valence-corrected chi connectivity index (χ3v) is 7.24. The van der Waals surface area contributed by atoms with E-state index in [0.717, 1.165) is 45.0 Å². The molecular formula is C24H20N4O2S2. The van der Waals surface area contributed by atoms with Gasteiger partial charge in [-0.2, -0.15) is 4.98 Å². The van der Waals surface area contributed by atoms with Crippen molar-refractivity contribution >= 4 is 34.7 Å². The van der Waals surface area contributed by atoms with Crippen LogP contribution in [0.25, 0.3) is 5.70 Å². The van der Waals surface area contributed by atoms with Crippen molar-refractivity contribution < 1.29 is 9.47 Å². The topological polar surface area (TPSA) is 61.2 Å². The third kappa shape index (κ3) is 3.02. The van der Waals surface area contributed by atoms with E-state index in [-0.39, 0.29) is 12.1 Å². The van der Waals surface area contributed by atoms with Crippen LogP contribution >= 0.6 is 23.1 Å². The van der Waals surface area contributed by atoms with Crippen LogP contribution in [0, 0.1) is 0 Å². The monoisotopic (exact) mass is 460 g/mol. The maximum atomic E-state index is 6.64. The van der Waals surface area contributed by atoms with Crippen molar-refractivity contribution in [1.29, 1.82) is 0 Å². The molecule has 32 heavy (non-hydrogen) atoms. The molecule has 2 aromatic carbocycles. The number of ether oxygens (including phenoxy) is 2. The average molecular weight is 461 g/mol. The van der Waals surface area contributed by atoms with Crippen molar-refractivity contribution in [2.24, 2.45) is 0 Å². The quantitative estimate of drug-likeness (QED) is 0.398. The first-order valence-electron chi connectivity index (χ1n) is 10.2.